The maximum Gasteiger partial charge on any atom is 0.103 e. The highest BCUT2D eigenvalue weighted by atomic mass is 32.1. The van der Waals surface area contributed by atoms with Crippen LogP contribution in [-0.4, -0.2) is 35.1 Å². The topological polar surface area (TPSA) is 49.5 Å². The van der Waals surface area contributed by atoms with Crippen LogP contribution in [0.4, 0.5) is 0 Å². The quantitative estimate of drug-likeness (QED) is 0.753. The van der Waals surface area contributed by atoms with Gasteiger partial charge in [0.15, 0.2) is 0 Å². The first-order chi connectivity index (χ1) is 8.90. The minimum Gasteiger partial charge on any atom is -0.389 e. The Morgan fingerprint density at radius 2 is 1.89 bits per heavy atom. The molecule has 0 aliphatic rings. The minimum atomic E-state index is -0.474. The molecule has 0 fully saturated rings. The first-order valence-electron chi connectivity index (χ1n) is 6.66. The van der Waals surface area contributed by atoms with Gasteiger partial charge in [0.05, 0.1) is 6.10 Å². The molecule has 106 valence electrons. The number of nitrogens with two attached hydrogens (primary N) is 1. The number of aliphatic hydroxyl groups excluding tert-OH is 1. The summed E-state index contributed by atoms with van der Waals surface area (Å²) >= 11 is 4.91. The molecule has 1 unspecified atom stereocenters. The minimum absolute atomic E-state index is 0.384. The summed E-state index contributed by atoms with van der Waals surface area (Å²) in [5.74, 6) is 0.685. The van der Waals surface area contributed by atoms with Crippen LogP contribution in [0, 0.1) is 5.92 Å². The van der Waals surface area contributed by atoms with Gasteiger partial charge in [-0.25, -0.2) is 0 Å². The molecule has 0 aliphatic carbocycles. The van der Waals surface area contributed by atoms with Gasteiger partial charge in [-0.1, -0.05) is 50.3 Å². The molecule has 0 aromatic heterocycles. The lowest BCUT2D eigenvalue weighted by molar-refractivity contribution is 0.124. The molecule has 19 heavy (non-hydrogen) atoms. The van der Waals surface area contributed by atoms with Crippen LogP contribution in [0.3, 0.4) is 0 Å². The van der Waals surface area contributed by atoms with Crippen molar-refractivity contribution in [2.75, 3.05) is 20.1 Å². The van der Waals surface area contributed by atoms with Crippen molar-refractivity contribution in [2.45, 2.75) is 26.4 Å². The highest BCUT2D eigenvalue weighted by molar-refractivity contribution is 7.80. The monoisotopic (exact) mass is 280 g/mol. The third-order valence-electron chi connectivity index (χ3n) is 3.15. The summed E-state index contributed by atoms with van der Waals surface area (Å²) in [6, 6.07) is 7.48. The second-order valence-corrected chi connectivity index (χ2v) is 5.89. The van der Waals surface area contributed by atoms with Crippen molar-refractivity contribution in [3.05, 3.63) is 35.4 Å². The van der Waals surface area contributed by atoms with Gasteiger partial charge in [0, 0.05) is 12.1 Å². The summed E-state index contributed by atoms with van der Waals surface area (Å²) in [6.07, 6.45) is 0.668. The molecule has 0 saturated heterocycles. The van der Waals surface area contributed by atoms with E-state index < -0.39 is 6.10 Å². The van der Waals surface area contributed by atoms with E-state index in [1.54, 1.807) is 0 Å². The maximum absolute atomic E-state index is 10.2. The Kier molecular flexibility index (Phi) is 6.42. The zero-order valence-electron chi connectivity index (χ0n) is 12.0. The van der Waals surface area contributed by atoms with Gasteiger partial charge in [0.2, 0.25) is 0 Å². The number of likely N-dealkylation sites (N-methyl/N-ethyl adjacent to an activating group) is 1. The van der Waals surface area contributed by atoms with Crippen LogP contribution < -0.4 is 5.73 Å². The van der Waals surface area contributed by atoms with Gasteiger partial charge < -0.3 is 15.7 Å². The molecule has 0 saturated carbocycles. The summed E-state index contributed by atoms with van der Waals surface area (Å²) in [5.41, 5.74) is 7.28. The highest BCUT2D eigenvalue weighted by Gasteiger charge is 2.11. The smallest absolute Gasteiger partial charge is 0.103 e. The van der Waals surface area contributed by atoms with Gasteiger partial charge >= 0.3 is 0 Å². The fourth-order valence-corrected chi connectivity index (χ4v) is 1.98. The van der Waals surface area contributed by atoms with Gasteiger partial charge in [-0.2, -0.15) is 0 Å². The van der Waals surface area contributed by atoms with Crippen LogP contribution in [0.1, 0.15) is 37.5 Å². The van der Waals surface area contributed by atoms with Crippen LogP contribution in [-0.2, 0) is 0 Å². The van der Waals surface area contributed by atoms with Crippen molar-refractivity contribution in [1.82, 2.24) is 4.90 Å². The molecule has 0 aliphatic heterocycles. The van der Waals surface area contributed by atoms with Crippen molar-refractivity contribution in [1.29, 1.82) is 0 Å². The SMILES string of the molecule is CC(C)CCN(C)CC(O)c1ccc(C(N)=S)cc1. The van der Waals surface area contributed by atoms with Crippen molar-refractivity contribution in [2.24, 2.45) is 11.7 Å². The zero-order valence-corrected chi connectivity index (χ0v) is 12.8. The molecule has 0 heterocycles. The summed E-state index contributed by atoms with van der Waals surface area (Å²) in [4.78, 5) is 2.54. The molecule has 3 nitrogen and oxygen atoms in total. The van der Waals surface area contributed by atoms with Crippen molar-refractivity contribution in [3.8, 4) is 0 Å². The van der Waals surface area contributed by atoms with Gasteiger partial charge in [-0.15, -0.1) is 0 Å². The Morgan fingerprint density at radius 1 is 1.32 bits per heavy atom. The number of aliphatic hydroxyl groups is 1. The summed E-state index contributed by atoms with van der Waals surface area (Å²) in [5, 5.41) is 10.2. The lowest BCUT2D eigenvalue weighted by atomic mass is 10.1. The molecule has 1 atom stereocenters. The second-order valence-electron chi connectivity index (χ2n) is 5.45. The Labute approximate surface area is 121 Å². The van der Waals surface area contributed by atoms with E-state index in [2.05, 4.69) is 18.7 Å². The van der Waals surface area contributed by atoms with Gasteiger partial charge in [0.25, 0.3) is 0 Å². The number of hydrogen-bond acceptors (Lipinski definition) is 3. The molecular formula is C15H24N2OS. The first kappa shape index (κ1) is 16.1. The summed E-state index contributed by atoms with van der Waals surface area (Å²) in [6.45, 7) is 6.05. The van der Waals surface area contributed by atoms with Crippen molar-refractivity contribution in [3.63, 3.8) is 0 Å². The predicted octanol–water partition coefficient (Wildman–Crippen LogP) is 2.33. The van der Waals surface area contributed by atoms with Crippen molar-refractivity contribution >= 4 is 17.2 Å². The second kappa shape index (κ2) is 7.58. The fraction of sp³-hybridized carbons (Fsp3) is 0.533. The Bertz CT molecular complexity index is 403. The maximum atomic E-state index is 10.2. The molecule has 0 bridgehead atoms. The molecule has 0 spiro atoms. The van der Waals surface area contributed by atoms with Crippen LogP contribution in [0.5, 0.6) is 0 Å². The van der Waals surface area contributed by atoms with Crippen LogP contribution in [0.25, 0.3) is 0 Å². The van der Waals surface area contributed by atoms with Gasteiger partial charge in [0.1, 0.15) is 4.99 Å². The number of benzene rings is 1. The average molecular weight is 280 g/mol. The largest absolute Gasteiger partial charge is 0.389 e. The predicted molar refractivity (Wildman–Crippen MR) is 84.2 cm³/mol. The Morgan fingerprint density at radius 3 is 2.37 bits per heavy atom. The highest BCUT2D eigenvalue weighted by Crippen LogP contribution is 2.15. The molecule has 1 rings (SSSR count). The lowest BCUT2D eigenvalue weighted by Gasteiger charge is -2.21. The number of rotatable bonds is 7. The third-order valence-corrected chi connectivity index (χ3v) is 3.39. The lowest BCUT2D eigenvalue weighted by Crippen LogP contribution is -2.26. The van der Waals surface area contributed by atoms with E-state index >= 15 is 0 Å². The Balaban J connectivity index is 2.52. The third kappa shape index (κ3) is 5.68. The molecule has 1 aromatic rings. The molecular weight excluding hydrogens is 256 g/mol. The number of hydrogen-bond donors (Lipinski definition) is 2. The van der Waals surface area contributed by atoms with Gasteiger partial charge in [-0.05, 0) is 31.5 Å². The van der Waals surface area contributed by atoms with E-state index in [0.717, 1.165) is 24.1 Å². The normalized spacial score (nSPS) is 12.9. The number of thiocarbonyl (C=S) groups is 1. The van der Waals surface area contributed by atoms with Crippen LogP contribution >= 0.6 is 12.2 Å². The first-order valence-corrected chi connectivity index (χ1v) is 7.07. The van der Waals surface area contributed by atoms with E-state index in [1.807, 2.05) is 31.3 Å². The molecule has 0 amide bonds. The summed E-state index contributed by atoms with van der Waals surface area (Å²) in [7, 11) is 2.04. The summed E-state index contributed by atoms with van der Waals surface area (Å²) < 4.78 is 0. The zero-order chi connectivity index (χ0) is 14.4. The van der Waals surface area contributed by atoms with E-state index in [-0.39, 0.29) is 0 Å². The molecule has 0 radical (unpaired) electrons. The average Bonchev–Trinajstić information content (AvgIpc) is 2.36. The standard InChI is InChI=1S/C15H24N2OS/c1-11(2)8-9-17(3)10-14(18)12-4-6-13(7-5-12)15(16)19/h4-7,11,14,18H,8-10H2,1-3H3,(H2,16,19). The van der Waals surface area contributed by atoms with E-state index in [1.165, 1.54) is 0 Å². The van der Waals surface area contributed by atoms with Crippen LogP contribution in [0.2, 0.25) is 0 Å². The molecule has 1 aromatic carbocycles. The van der Waals surface area contributed by atoms with E-state index in [9.17, 15) is 5.11 Å². The number of nitrogens with zero attached hydrogens (tertiary/aromatic N) is 1. The van der Waals surface area contributed by atoms with E-state index in [4.69, 9.17) is 18.0 Å². The van der Waals surface area contributed by atoms with E-state index in [0.29, 0.717) is 17.5 Å². The molecule has 4 heteroatoms. The van der Waals surface area contributed by atoms with Crippen molar-refractivity contribution < 1.29 is 5.11 Å². The fourth-order valence-electron chi connectivity index (χ4n) is 1.84. The molecule has 3 N–H and O–H groups in total. The van der Waals surface area contributed by atoms with Crippen LogP contribution in [0.15, 0.2) is 24.3 Å². The Hall–Kier alpha value is -0.970. The van der Waals surface area contributed by atoms with Gasteiger partial charge in [-0.3, -0.25) is 0 Å².